The van der Waals surface area contributed by atoms with Gasteiger partial charge in [-0.2, -0.15) is 0 Å². The molecule has 0 bridgehead atoms. The number of anilines is 1. The Bertz CT molecular complexity index is 543. The monoisotopic (exact) mass is 286 g/mol. The van der Waals surface area contributed by atoms with Crippen LogP contribution in [-0.2, 0) is 10.0 Å². The first kappa shape index (κ1) is 15.9. The Labute approximate surface area is 114 Å². The molecular weight excluding hydrogens is 264 g/mol. The highest BCUT2D eigenvalue weighted by atomic mass is 32.2. The van der Waals surface area contributed by atoms with Crippen LogP contribution < -0.4 is 10.5 Å². The molecule has 0 aliphatic rings. The van der Waals surface area contributed by atoms with Crippen molar-refractivity contribution in [1.82, 2.24) is 4.72 Å². The highest BCUT2D eigenvalue weighted by Gasteiger charge is 2.29. The molecule has 108 valence electrons. The van der Waals surface area contributed by atoms with Gasteiger partial charge in [-0.25, -0.2) is 13.1 Å². The zero-order chi connectivity index (χ0) is 14.7. The Kier molecular flexibility index (Phi) is 4.95. The molecule has 5 nitrogen and oxygen atoms in total. The molecule has 19 heavy (non-hydrogen) atoms. The molecule has 1 atom stereocenters. The van der Waals surface area contributed by atoms with Crippen molar-refractivity contribution in [2.45, 2.75) is 44.0 Å². The predicted octanol–water partition coefficient (Wildman–Crippen LogP) is 1.41. The fourth-order valence-corrected chi connectivity index (χ4v) is 3.64. The largest absolute Gasteiger partial charge is 0.399 e. The number of aryl methyl sites for hydroxylation is 1. The van der Waals surface area contributed by atoms with E-state index < -0.39 is 15.6 Å². The first-order chi connectivity index (χ1) is 8.74. The topological polar surface area (TPSA) is 92.4 Å². The summed E-state index contributed by atoms with van der Waals surface area (Å²) in [5.74, 6) is 0. The summed E-state index contributed by atoms with van der Waals surface area (Å²) in [5.41, 5.74) is 6.11. The van der Waals surface area contributed by atoms with Gasteiger partial charge in [0.15, 0.2) is 0 Å². The van der Waals surface area contributed by atoms with Gasteiger partial charge in [0.1, 0.15) is 0 Å². The summed E-state index contributed by atoms with van der Waals surface area (Å²) >= 11 is 0. The molecule has 0 aliphatic heterocycles. The van der Waals surface area contributed by atoms with E-state index in [1.165, 1.54) is 6.07 Å². The van der Waals surface area contributed by atoms with Gasteiger partial charge in [0.05, 0.1) is 4.90 Å². The highest BCUT2D eigenvalue weighted by Crippen LogP contribution is 2.22. The van der Waals surface area contributed by atoms with Crippen molar-refractivity contribution in [2.75, 3.05) is 12.3 Å². The zero-order valence-corrected chi connectivity index (χ0v) is 12.4. The number of hydrogen-bond acceptors (Lipinski definition) is 4. The molecule has 0 saturated heterocycles. The van der Waals surface area contributed by atoms with Crippen molar-refractivity contribution < 1.29 is 13.5 Å². The zero-order valence-electron chi connectivity index (χ0n) is 11.6. The van der Waals surface area contributed by atoms with Crippen molar-refractivity contribution in [1.29, 1.82) is 0 Å². The van der Waals surface area contributed by atoms with Crippen LogP contribution in [0.15, 0.2) is 23.1 Å². The summed E-state index contributed by atoms with van der Waals surface area (Å²) < 4.78 is 27.4. The first-order valence-electron chi connectivity index (χ1n) is 6.25. The quantitative estimate of drug-likeness (QED) is 0.689. The van der Waals surface area contributed by atoms with E-state index >= 15 is 0 Å². The van der Waals surface area contributed by atoms with Gasteiger partial charge < -0.3 is 10.8 Å². The van der Waals surface area contributed by atoms with Crippen LogP contribution in [0.5, 0.6) is 0 Å². The van der Waals surface area contributed by atoms with Crippen LogP contribution in [-0.4, -0.2) is 25.7 Å². The van der Waals surface area contributed by atoms with E-state index in [2.05, 4.69) is 4.72 Å². The Morgan fingerprint density at radius 2 is 2.05 bits per heavy atom. The molecule has 1 rings (SSSR count). The number of hydrogen-bond donors (Lipinski definition) is 3. The summed E-state index contributed by atoms with van der Waals surface area (Å²) in [5, 5.41) is 9.04. The molecule has 0 saturated carbocycles. The molecule has 6 heteroatoms. The minimum atomic E-state index is -3.62. The maximum atomic E-state index is 12.4. The number of nitrogens with two attached hydrogens (primary N) is 1. The van der Waals surface area contributed by atoms with Gasteiger partial charge in [0.25, 0.3) is 0 Å². The van der Waals surface area contributed by atoms with Gasteiger partial charge in [0.2, 0.25) is 10.0 Å². The molecule has 1 unspecified atom stereocenters. The lowest BCUT2D eigenvalue weighted by Gasteiger charge is -2.28. The van der Waals surface area contributed by atoms with Crippen molar-refractivity contribution in [2.24, 2.45) is 0 Å². The maximum absolute atomic E-state index is 12.4. The van der Waals surface area contributed by atoms with Crippen molar-refractivity contribution in [3.63, 3.8) is 0 Å². The molecule has 1 aromatic carbocycles. The molecule has 0 radical (unpaired) electrons. The van der Waals surface area contributed by atoms with E-state index in [0.717, 1.165) is 0 Å². The van der Waals surface area contributed by atoms with E-state index in [1.54, 1.807) is 26.0 Å². The van der Waals surface area contributed by atoms with Gasteiger partial charge in [-0.15, -0.1) is 0 Å². The lowest BCUT2D eigenvalue weighted by molar-refractivity contribution is 0.233. The second-order valence-corrected chi connectivity index (χ2v) is 6.67. The summed E-state index contributed by atoms with van der Waals surface area (Å²) in [6.07, 6.45) is 0.970. The minimum Gasteiger partial charge on any atom is -0.399 e. The molecular formula is C13H22N2O3S. The minimum absolute atomic E-state index is 0.0619. The predicted molar refractivity (Wildman–Crippen MR) is 76.3 cm³/mol. The average Bonchev–Trinajstić information content (AvgIpc) is 2.27. The van der Waals surface area contributed by atoms with Crippen LogP contribution in [0.2, 0.25) is 0 Å². The maximum Gasteiger partial charge on any atom is 0.241 e. The number of aliphatic hydroxyl groups excluding tert-OH is 1. The molecule has 1 aromatic rings. The molecule has 0 heterocycles. The normalized spacial score (nSPS) is 15.2. The summed E-state index contributed by atoms with van der Waals surface area (Å²) in [4.78, 5) is 0.222. The van der Waals surface area contributed by atoms with Crippen LogP contribution in [0, 0.1) is 6.92 Å². The number of nitrogens with one attached hydrogen (secondary N) is 1. The third-order valence-corrected chi connectivity index (χ3v) is 5.11. The smallest absolute Gasteiger partial charge is 0.241 e. The molecule has 0 aromatic heterocycles. The van der Waals surface area contributed by atoms with E-state index in [4.69, 9.17) is 10.8 Å². The van der Waals surface area contributed by atoms with Gasteiger partial charge in [0, 0.05) is 17.8 Å². The number of nitrogen functional groups attached to an aromatic ring is 1. The Morgan fingerprint density at radius 3 is 2.53 bits per heavy atom. The molecule has 4 N–H and O–H groups in total. The van der Waals surface area contributed by atoms with Gasteiger partial charge in [-0.3, -0.25) is 0 Å². The standard InChI is InChI=1S/C13H22N2O3S/c1-4-13(3,7-8-16)15-19(17,18)12-6-5-11(14)9-10(12)2/h5-6,9,15-16H,4,7-8,14H2,1-3H3. The molecule has 0 spiro atoms. The molecule has 0 amide bonds. The molecule has 0 aliphatic carbocycles. The third kappa shape index (κ3) is 3.92. The summed E-state index contributed by atoms with van der Waals surface area (Å²) in [7, 11) is -3.62. The number of sulfonamides is 1. The van der Waals surface area contributed by atoms with E-state index in [1.807, 2.05) is 6.92 Å². The number of benzene rings is 1. The van der Waals surface area contributed by atoms with Crippen LogP contribution in [0.1, 0.15) is 32.3 Å². The summed E-state index contributed by atoms with van der Waals surface area (Å²) in [6.45, 7) is 5.31. The van der Waals surface area contributed by atoms with Gasteiger partial charge in [-0.05, 0) is 50.5 Å². The number of aliphatic hydroxyl groups is 1. The average molecular weight is 286 g/mol. The van der Waals surface area contributed by atoms with Gasteiger partial charge >= 0.3 is 0 Å². The van der Waals surface area contributed by atoms with Crippen LogP contribution in [0.25, 0.3) is 0 Å². The summed E-state index contributed by atoms with van der Waals surface area (Å²) in [6, 6.07) is 4.70. The molecule has 0 fully saturated rings. The van der Waals surface area contributed by atoms with Crippen LogP contribution in [0.4, 0.5) is 5.69 Å². The van der Waals surface area contributed by atoms with E-state index in [0.29, 0.717) is 24.1 Å². The SMILES string of the molecule is CCC(C)(CCO)NS(=O)(=O)c1ccc(N)cc1C. The van der Waals surface area contributed by atoms with E-state index in [-0.39, 0.29) is 11.5 Å². The van der Waals surface area contributed by atoms with E-state index in [9.17, 15) is 8.42 Å². The first-order valence-corrected chi connectivity index (χ1v) is 7.73. The fraction of sp³-hybridized carbons (Fsp3) is 0.538. The Balaban J connectivity index is 3.10. The fourth-order valence-electron chi connectivity index (χ4n) is 1.90. The van der Waals surface area contributed by atoms with Crippen molar-refractivity contribution in [3.05, 3.63) is 23.8 Å². The van der Waals surface area contributed by atoms with Crippen molar-refractivity contribution in [3.8, 4) is 0 Å². The Hall–Kier alpha value is -1.11. The van der Waals surface area contributed by atoms with Crippen LogP contribution >= 0.6 is 0 Å². The second kappa shape index (κ2) is 5.90. The van der Waals surface area contributed by atoms with Crippen molar-refractivity contribution >= 4 is 15.7 Å². The van der Waals surface area contributed by atoms with Crippen LogP contribution in [0.3, 0.4) is 0 Å². The third-order valence-electron chi connectivity index (χ3n) is 3.31. The lowest BCUT2D eigenvalue weighted by atomic mass is 9.97. The number of rotatable bonds is 6. The Morgan fingerprint density at radius 1 is 1.42 bits per heavy atom. The van der Waals surface area contributed by atoms with Gasteiger partial charge in [-0.1, -0.05) is 6.92 Å². The highest BCUT2D eigenvalue weighted by molar-refractivity contribution is 7.89. The second-order valence-electron chi connectivity index (χ2n) is 5.02. The lowest BCUT2D eigenvalue weighted by Crippen LogP contribution is -2.46.